The first-order valence-electron chi connectivity index (χ1n) is 12.3. The fraction of sp³-hybridized carbons (Fsp3) is 0.385. The normalized spacial score (nSPS) is 21.4. The molecule has 2 fully saturated rings. The van der Waals surface area contributed by atoms with Crippen LogP contribution >= 0.6 is 0 Å². The number of fused-ring (bicyclic) bond motifs is 1. The second-order valence-corrected chi connectivity index (χ2v) is 9.52. The molecule has 0 radical (unpaired) electrons. The molecule has 1 aliphatic heterocycles. The summed E-state index contributed by atoms with van der Waals surface area (Å²) >= 11 is 0. The van der Waals surface area contributed by atoms with Crippen LogP contribution in [0, 0.1) is 11.7 Å². The molecule has 1 amide bonds. The predicted molar refractivity (Wildman–Crippen MR) is 132 cm³/mol. The number of halogens is 1. The van der Waals surface area contributed by atoms with Gasteiger partial charge in [0.25, 0.3) is 0 Å². The van der Waals surface area contributed by atoms with Crippen molar-refractivity contribution in [1.82, 2.24) is 29.3 Å². The molecule has 2 aliphatic rings. The van der Waals surface area contributed by atoms with Crippen molar-refractivity contribution in [2.45, 2.75) is 31.7 Å². The molecule has 4 aromatic rings. The molecular formula is C26H28FN7O2. The van der Waals surface area contributed by atoms with Gasteiger partial charge in [0.1, 0.15) is 18.1 Å². The van der Waals surface area contributed by atoms with Crippen LogP contribution in [0.3, 0.4) is 0 Å². The fourth-order valence-corrected chi connectivity index (χ4v) is 4.98. The summed E-state index contributed by atoms with van der Waals surface area (Å²) in [5.74, 6) is 0.594. The number of aryl methyl sites for hydroxylation is 1. The van der Waals surface area contributed by atoms with Crippen molar-refractivity contribution in [3.8, 4) is 17.0 Å². The van der Waals surface area contributed by atoms with Crippen LogP contribution in [0.4, 0.5) is 10.2 Å². The Bertz CT molecular complexity index is 1410. The van der Waals surface area contributed by atoms with E-state index in [9.17, 15) is 9.18 Å². The van der Waals surface area contributed by atoms with E-state index in [2.05, 4.69) is 32.3 Å². The van der Waals surface area contributed by atoms with Gasteiger partial charge in [-0.1, -0.05) is 6.92 Å². The molecule has 0 unspecified atom stereocenters. The molecule has 1 saturated heterocycles. The molecule has 5 heterocycles. The average Bonchev–Trinajstić information content (AvgIpc) is 3.43. The lowest BCUT2D eigenvalue weighted by Crippen LogP contribution is -2.50. The summed E-state index contributed by atoms with van der Waals surface area (Å²) in [5, 5.41) is 11.8. The molecule has 3 atom stereocenters. The maximum Gasteiger partial charge on any atom is 0.229 e. The molecule has 0 bridgehead atoms. The topological polar surface area (TPSA) is 89.6 Å². The fourth-order valence-electron chi connectivity index (χ4n) is 4.98. The van der Waals surface area contributed by atoms with Crippen LogP contribution in [0.15, 0.2) is 48.9 Å². The third-order valence-corrected chi connectivity index (χ3v) is 7.25. The Kier molecular flexibility index (Phi) is 5.67. The smallest absolute Gasteiger partial charge is 0.229 e. The highest BCUT2D eigenvalue weighted by molar-refractivity contribution is 5.95. The number of pyridine rings is 2. The van der Waals surface area contributed by atoms with Crippen LogP contribution in [0.25, 0.3) is 16.8 Å². The van der Waals surface area contributed by atoms with Crippen molar-refractivity contribution in [1.29, 1.82) is 0 Å². The third-order valence-electron chi connectivity index (χ3n) is 7.25. The first-order chi connectivity index (χ1) is 17.5. The molecule has 1 N–H and O–H groups in total. The van der Waals surface area contributed by atoms with Crippen LogP contribution in [0.2, 0.25) is 0 Å². The van der Waals surface area contributed by atoms with E-state index in [0.29, 0.717) is 24.9 Å². The Morgan fingerprint density at radius 3 is 2.89 bits per heavy atom. The van der Waals surface area contributed by atoms with Crippen LogP contribution in [0.1, 0.15) is 31.4 Å². The minimum Gasteiger partial charge on any atom is -0.488 e. The zero-order valence-corrected chi connectivity index (χ0v) is 20.3. The Morgan fingerprint density at radius 2 is 2.14 bits per heavy atom. The van der Waals surface area contributed by atoms with Gasteiger partial charge in [0.2, 0.25) is 5.91 Å². The number of hydrogen-bond acceptors (Lipinski definition) is 6. The molecule has 1 saturated carbocycles. The number of hydrogen-bond donors (Lipinski definition) is 1. The molecule has 4 aromatic heterocycles. The van der Waals surface area contributed by atoms with E-state index in [1.54, 1.807) is 16.8 Å². The summed E-state index contributed by atoms with van der Waals surface area (Å²) in [4.78, 5) is 19.3. The Hall–Kier alpha value is -3.79. The minimum atomic E-state index is -0.379. The molecule has 186 valence electrons. The number of amides is 1. The highest BCUT2D eigenvalue weighted by Gasteiger charge is 2.45. The highest BCUT2D eigenvalue weighted by atomic mass is 19.1. The van der Waals surface area contributed by atoms with Crippen molar-refractivity contribution in [3.63, 3.8) is 0 Å². The monoisotopic (exact) mass is 489 g/mol. The highest BCUT2D eigenvalue weighted by Crippen LogP contribution is 2.47. The third kappa shape index (κ3) is 4.21. The predicted octanol–water partition coefficient (Wildman–Crippen LogP) is 3.48. The van der Waals surface area contributed by atoms with Crippen LogP contribution in [0.5, 0.6) is 5.75 Å². The quantitative estimate of drug-likeness (QED) is 0.408. The number of ether oxygens (including phenoxy) is 1. The summed E-state index contributed by atoms with van der Waals surface area (Å²) in [6.07, 6.45) is 6.67. The molecule has 6 rings (SSSR count). The Morgan fingerprint density at radius 1 is 1.25 bits per heavy atom. The van der Waals surface area contributed by atoms with Gasteiger partial charge in [-0.15, -0.1) is 0 Å². The van der Waals surface area contributed by atoms with Gasteiger partial charge in [-0.2, -0.15) is 10.2 Å². The van der Waals surface area contributed by atoms with Gasteiger partial charge in [0.05, 0.1) is 17.9 Å². The molecule has 10 heteroatoms. The van der Waals surface area contributed by atoms with Crippen molar-refractivity contribution < 1.29 is 13.9 Å². The van der Waals surface area contributed by atoms with Crippen molar-refractivity contribution in [2.24, 2.45) is 13.0 Å². The Balaban J connectivity index is 1.15. The molecule has 36 heavy (non-hydrogen) atoms. The van der Waals surface area contributed by atoms with Crippen LogP contribution in [-0.2, 0) is 11.8 Å². The maximum atomic E-state index is 13.1. The van der Waals surface area contributed by atoms with Gasteiger partial charge in [-0.05, 0) is 43.7 Å². The molecule has 0 aromatic carbocycles. The number of rotatable bonds is 8. The van der Waals surface area contributed by atoms with Gasteiger partial charge in [0.15, 0.2) is 11.6 Å². The number of carbonyl (C=O) groups is 1. The van der Waals surface area contributed by atoms with E-state index in [1.165, 1.54) is 12.3 Å². The van der Waals surface area contributed by atoms with Crippen LogP contribution < -0.4 is 10.1 Å². The lowest BCUT2D eigenvalue weighted by Gasteiger charge is -2.39. The van der Waals surface area contributed by atoms with Gasteiger partial charge < -0.3 is 10.1 Å². The van der Waals surface area contributed by atoms with Gasteiger partial charge in [-0.25, -0.2) is 8.91 Å². The van der Waals surface area contributed by atoms with Crippen molar-refractivity contribution in [2.75, 3.05) is 25.0 Å². The van der Waals surface area contributed by atoms with Gasteiger partial charge in [0, 0.05) is 55.0 Å². The second kappa shape index (κ2) is 9.02. The first kappa shape index (κ1) is 22.7. The SMILES string of the molecule is CCN1CC[C@@H]1COc1cnn(C)c1-c1ccn2nc(NC(=O)[C@@H]3C[C@@H]3c3ccc(F)cn3)cc2c1. The average molecular weight is 490 g/mol. The van der Waals surface area contributed by atoms with E-state index < -0.39 is 0 Å². The standard InChI is InChI=1S/C26H28FN7O2/c1-3-33-8-7-18(33)15-36-23-14-29-32(2)25(23)16-6-9-34-19(10-16)11-24(31-34)30-26(35)21-12-20(21)22-5-4-17(27)13-28-22/h4-6,9-11,13-14,18,20-21H,3,7-8,12,15H2,1-2H3,(H,30,31,35)/t18-,20+,21-/m1/s1. The van der Waals surface area contributed by atoms with E-state index in [0.717, 1.165) is 47.7 Å². The molecule has 0 spiro atoms. The summed E-state index contributed by atoms with van der Waals surface area (Å²) in [6, 6.07) is 9.30. The largest absolute Gasteiger partial charge is 0.488 e. The summed E-state index contributed by atoms with van der Waals surface area (Å²) in [6.45, 7) is 4.99. The number of likely N-dealkylation sites (N-methyl/N-ethyl adjacent to an activating group) is 1. The zero-order chi connectivity index (χ0) is 24.8. The van der Waals surface area contributed by atoms with Crippen molar-refractivity contribution in [3.05, 3.63) is 60.4 Å². The van der Waals surface area contributed by atoms with Gasteiger partial charge >= 0.3 is 0 Å². The van der Waals surface area contributed by atoms with E-state index >= 15 is 0 Å². The van der Waals surface area contributed by atoms with E-state index in [1.807, 2.05) is 36.1 Å². The van der Waals surface area contributed by atoms with Crippen molar-refractivity contribution >= 4 is 17.2 Å². The molecular weight excluding hydrogens is 461 g/mol. The minimum absolute atomic E-state index is 0.0156. The van der Waals surface area contributed by atoms with E-state index in [4.69, 9.17) is 4.74 Å². The zero-order valence-electron chi connectivity index (χ0n) is 20.3. The van der Waals surface area contributed by atoms with E-state index in [-0.39, 0.29) is 23.6 Å². The lowest BCUT2D eigenvalue weighted by atomic mass is 10.0. The number of aromatic nitrogens is 5. The maximum absolute atomic E-state index is 13.1. The summed E-state index contributed by atoms with van der Waals surface area (Å²) in [7, 11) is 1.90. The lowest BCUT2D eigenvalue weighted by molar-refractivity contribution is -0.117. The summed E-state index contributed by atoms with van der Waals surface area (Å²) < 4.78 is 22.8. The number of carbonyl (C=O) groups excluding carboxylic acids is 1. The molecule has 1 aliphatic carbocycles. The van der Waals surface area contributed by atoms with Gasteiger partial charge in [-0.3, -0.25) is 19.4 Å². The second-order valence-electron chi connectivity index (χ2n) is 9.52. The Labute approximate surface area is 207 Å². The number of nitrogens with zero attached hydrogens (tertiary/aromatic N) is 6. The first-order valence-corrected chi connectivity index (χ1v) is 12.3. The summed E-state index contributed by atoms with van der Waals surface area (Å²) in [5.41, 5.74) is 3.45. The van der Waals surface area contributed by atoms with Crippen LogP contribution in [-0.4, -0.2) is 60.9 Å². The molecule has 9 nitrogen and oxygen atoms in total. The number of anilines is 1. The number of nitrogens with one attached hydrogen (secondary N) is 1. The number of likely N-dealkylation sites (tertiary alicyclic amines) is 1.